The van der Waals surface area contributed by atoms with E-state index in [-0.39, 0.29) is 6.04 Å². The molecule has 2 heterocycles. The first-order valence-corrected chi connectivity index (χ1v) is 6.08. The van der Waals surface area contributed by atoms with Crippen molar-refractivity contribution in [2.45, 2.75) is 6.04 Å². The highest BCUT2D eigenvalue weighted by molar-refractivity contribution is 5.82. The average molecular weight is 256 g/mol. The Kier molecular flexibility index (Phi) is 2.81. The van der Waals surface area contributed by atoms with Crippen LogP contribution >= 0.6 is 0 Å². The molecule has 3 N–H and O–H groups in total. The largest absolute Gasteiger partial charge is 0.271 e. The molecular formula is C13H16N6. The van der Waals surface area contributed by atoms with E-state index >= 15 is 0 Å². The maximum atomic E-state index is 5.72. The van der Waals surface area contributed by atoms with Gasteiger partial charge in [-0.05, 0) is 12.1 Å². The Morgan fingerprint density at radius 1 is 1.16 bits per heavy atom. The third-order valence-electron chi connectivity index (χ3n) is 3.38. The predicted molar refractivity (Wildman–Crippen MR) is 73.1 cm³/mol. The molecule has 98 valence electrons. The number of hydrazine groups is 1. The third-order valence-corrected chi connectivity index (χ3v) is 3.38. The summed E-state index contributed by atoms with van der Waals surface area (Å²) in [6.45, 7) is 0. The monoisotopic (exact) mass is 256 g/mol. The Hall–Kier alpha value is -2.18. The Morgan fingerprint density at radius 3 is 2.63 bits per heavy atom. The minimum atomic E-state index is -0.182. The first kappa shape index (κ1) is 11.9. The van der Waals surface area contributed by atoms with Crippen LogP contribution in [0.25, 0.3) is 10.9 Å². The summed E-state index contributed by atoms with van der Waals surface area (Å²) in [5, 5.41) is 9.87. The normalized spacial score (nSPS) is 13.0. The molecule has 2 aromatic heterocycles. The molecule has 0 aliphatic rings. The number of hydrogen-bond donors (Lipinski definition) is 2. The zero-order chi connectivity index (χ0) is 13.4. The van der Waals surface area contributed by atoms with Gasteiger partial charge in [-0.15, -0.1) is 0 Å². The van der Waals surface area contributed by atoms with Gasteiger partial charge in [0, 0.05) is 25.7 Å². The number of hydrogen-bond acceptors (Lipinski definition) is 4. The molecule has 0 saturated heterocycles. The van der Waals surface area contributed by atoms with Crippen molar-refractivity contribution in [2.75, 3.05) is 0 Å². The van der Waals surface area contributed by atoms with Crippen molar-refractivity contribution in [3.63, 3.8) is 0 Å². The zero-order valence-electron chi connectivity index (χ0n) is 10.9. The van der Waals surface area contributed by atoms with Crippen molar-refractivity contribution in [1.82, 2.24) is 25.0 Å². The van der Waals surface area contributed by atoms with Crippen molar-refractivity contribution in [3.8, 4) is 0 Å². The molecule has 19 heavy (non-hydrogen) atoms. The molecule has 0 fully saturated rings. The number of nitrogens with zero attached hydrogens (tertiary/aromatic N) is 4. The van der Waals surface area contributed by atoms with Gasteiger partial charge in [0.15, 0.2) is 0 Å². The van der Waals surface area contributed by atoms with E-state index in [9.17, 15) is 0 Å². The lowest BCUT2D eigenvalue weighted by Gasteiger charge is -2.14. The number of fused-ring (bicyclic) bond motifs is 1. The van der Waals surface area contributed by atoms with Crippen LogP contribution < -0.4 is 11.3 Å². The Balaban J connectivity index is 2.20. The molecule has 0 aliphatic carbocycles. The summed E-state index contributed by atoms with van der Waals surface area (Å²) in [5.41, 5.74) is 5.80. The van der Waals surface area contributed by atoms with E-state index in [1.54, 1.807) is 10.9 Å². The highest BCUT2D eigenvalue weighted by atomic mass is 15.3. The van der Waals surface area contributed by atoms with Crippen LogP contribution in [-0.4, -0.2) is 19.6 Å². The lowest BCUT2D eigenvalue weighted by atomic mass is 10.1. The smallest absolute Gasteiger partial charge is 0.107 e. The van der Waals surface area contributed by atoms with Crippen LogP contribution in [0.5, 0.6) is 0 Å². The summed E-state index contributed by atoms with van der Waals surface area (Å²) in [4.78, 5) is 0. The molecule has 0 radical (unpaired) electrons. The quantitative estimate of drug-likeness (QED) is 0.538. The fourth-order valence-electron chi connectivity index (χ4n) is 2.43. The SMILES string of the molecule is Cn1nccc1C(NN)c1nn(C)c2ccccc12. The molecule has 6 heteroatoms. The molecule has 0 bridgehead atoms. The van der Waals surface area contributed by atoms with Crippen molar-refractivity contribution in [2.24, 2.45) is 19.9 Å². The molecule has 0 aliphatic heterocycles. The van der Waals surface area contributed by atoms with Crippen LogP contribution in [0.3, 0.4) is 0 Å². The number of aryl methyl sites for hydroxylation is 2. The van der Waals surface area contributed by atoms with Gasteiger partial charge < -0.3 is 0 Å². The highest BCUT2D eigenvalue weighted by Gasteiger charge is 2.21. The van der Waals surface area contributed by atoms with Gasteiger partial charge in [-0.3, -0.25) is 15.2 Å². The van der Waals surface area contributed by atoms with E-state index in [0.29, 0.717) is 0 Å². The number of para-hydroxylation sites is 1. The molecule has 6 nitrogen and oxygen atoms in total. The Morgan fingerprint density at radius 2 is 1.95 bits per heavy atom. The van der Waals surface area contributed by atoms with E-state index < -0.39 is 0 Å². The van der Waals surface area contributed by atoms with Crippen molar-refractivity contribution >= 4 is 10.9 Å². The van der Waals surface area contributed by atoms with Gasteiger partial charge in [0.1, 0.15) is 6.04 Å². The molecule has 0 saturated carbocycles. The summed E-state index contributed by atoms with van der Waals surface area (Å²) in [7, 11) is 3.83. The predicted octanol–water partition coefficient (Wildman–Crippen LogP) is 0.859. The summed E-state index contributed by atoms with van der Waals surface area (Å²) < 4.78 is 3.67. The first-order chi connectivity index (χ1) is 9.22. The van der Waals surface area contributed by atoms with Gasteiger partial charge in [0.2, 0.25) is 0 Å². The van der Waals surface area contributed by atoms with E-state index in [4.69, 9.17) is 5.84 Å². The third kappa shape index (κ3) is 1.81. The number of rotatable bonds is 3. The fourth-order valence-corrected chi connectivity index (χ4v) is 2.43. The fraction of sp³-hybridized carbons (Fsp3) is 0.231. The molecule has 1 unspecified atom stereocenters. The van der Waals surface area contributed by atoms with Gasteiger partial charge in [-0.1, -0.05) is 18.2 Å². The molecule has 3 rings (SSSR count). The topological polar surface area (TPSA) is 73.7 Å². The van der Waals surface area contributed by atoms with Crippen LogP contribution in [0.4, 0.5) is 0 Å². The van der Waals surface area contributed by atoms with Crippen molar-refractivity contribution < 1.29 is 0 Å². The van der Waals surface area contributed by atoms with Gasteiger partial charge in [0.05, 0.1) is 16.9 Å². The first-order valence-electron chi connectivity index (χ1n) is 6.08. The van der Waals surface area contributed by atoms with E-state index in [1.807, 2.05) is 43.0 Å². The van der Waals surface area contributed by atoms with Crippen LogP contribution in [0.15, 0.2) is 36.5 Å². The van der Waals surface area contributed by atoms with Crippen molar-refractivity contribution in [1.29, 1.82) is 0 Å². The summed E-state index contributed by atoms with van der Waals surface area (Å²) in [5.74, 6) is 5.72. The second-order valence-electron chi connectivity index (χ2n) is 4.51. The maximum absolute atomic E-state index is 5.72. The second-order valence-corrected chi connectivity index (χ2v) is 4.51. The van der Waals surface area contributed by atoms with Gasteiger partial charge in [-0.25, -0.2) is 5.43 Å². The van der Waals surface area contributed by atoms with Crippen molar-refractivity contribution in [3.05, 3.63) is 47.9 Å². The number of nitrogens with two attached hydrogens (primary N) is 1. The molecule has 1 atom stereocenters. The molecule has 0 amide bonds. The van der Waals surface area contributed by atoms with E-state index in [1.165, 1.54) is 0 Å². The summed E-state index contributed by atoms with van der Waals surface area (Å²) in [6, 6.07) is 9.86. The average Bonchev–Trinajstić information content (AvgIpc) is 2.98. The number of benzene rings is 1. The van der Waals surface area contributed by atoms with Crippen LogP contribution in [0, 0.1) is 0 Å². The second kappa shape index (κ2) is 4.49. The van der Waals surface area contributed by atoms with Gasteiger partial charge in [-0.2, -0.15) is 10.2 Å². The number of nitrogens with one attached hydrogen (secondary N) is 1. The molecule has 1 aromatic carbocycles. The molecule has 3 aromatic rings. The Bertz CT molecular complexity index is 711. The van der Waals surface area contributed by atoms with Gasteiger partial charge >= 0.3 is 0 Å². The minimum absolute atomic E-state index is 0.182. The Labute approximate surface area is 110 Å². The maximum Gasteiger partial charge on any atom is 0.107 e. The molecular weight excluding hydrogens is 240 g/mol. The highest BCUT2D eigenvalue weighted by Crippen LogP contribution is 2.26. The summed E-state index contributed by atoms with van der Waals surface area (Å²) >= 11 is 0. The lowest BCUT2D eigenvalue weighted by Crippen LogP contribution is -2.31. The van der Waals surface area contributed by atoms with Gasteiger partial charge in [0.25, 0.3) is 0 Å². The van der Waals surface area contributed by atoms with Crippen LogP contribution in [0.1, 0.15) is 17.4 Å². The standard InChI is InChI=1S/C13H16N6/c1-18-11(7-8-15-18)13(16-14)12-9-5-3-4-6-10(9)19(2)17-12/h3-8,13,16H,14H2,1-2H3. The van der Waals surface area contributed by atoms with E-state index in [2.05, 4.69) is 21.7 Å². The minimum Gasteiger partial charge on any atom is -0.271 e. The lowest BCUT2D eigenvalue weighted by molar-refractivity contribution is 0.558. The van der Waals surface area contributed by atoms with Crippen LogP contribution in [0.2, 0.25) is 0 Å². The zero-order valence-corrected chi connectivity index (χ0v) is 10.9. The number of aromatic nitrogens is 4. The van der Waals surface area contributed by atoms with Crippen LogP contribution in [-0.2, 0) is 14.1 Å². The molecule has 0 spiro atoms. The van der Waals surface area contributed by atoms with E-state index in [0.717, 1.165) is 22.3 Å². The summed E-state index contributed by atoms with van der Waals surface area (Å²) in [6.07, 6.45) is 1.75.